The quantitative estimate of drug-likeness (QED) is 0.476. The monoisotopic (exact) mass is 623 g/mol. The summed E-state index contributed by atoms with van der Waals surface area (Å²) in [4.78, 5) is 42.5. The van der Waals surface area contributed by atoms with Gasteiger partial charge in [-0.3, -0.25) is 19.0 Å². The average molecular weight is 625 g/mol. The molecule has 0 spiro atoms. The summed E-state index contributed by atoms with van der Waals surface area (Å²) in [5.74, 6) is -0.371. The van der Waals surface area contributed by atoms with Gasteiger partial charge in [0, 0.05) is 36.5 Å². The molecule has 0 unspecified atom stereocenters. The van der Waals surface area contributed by atoms with Crippen LogP contribution in [0.1, 0.15) is 13.8 Å². The zero-order valence-corrected chi connectivity index (χ0v) is 24.9. The summed E-state index contributed by atoms with van der Waals surface area (Å²) in [6, 6.07) is 8.56. The second-order valence-electron chi connectivity index (χ2n) is 8.43. The molecule has 14 heteroatoms. The highest BCUT2D eigenvalue weighted by Gasteiger charge is 2.37. The van der Waals surface area contributed by atoms with Crippen molar-refractivity contribution in [3.63, 3.8) is 0 Å². The number of nitrogens with zero attached hydrogens (tertiary/aromatic N) is 4. The first-order chi connectivity index (χ1) is 18.5. The summed E-state index contributed by atoms with van der Waals surface area (Å²) >= 11 is 21.4. The van der Waals surface area contributed by atoms with Gasteiger partial charge < -0.3 is 15.0 Å². The number of thiazole rings is 1. The SMILES string of the molecule is CCn1c(=O)/c(=C2/Sc3ccc(OC)cc3N2C)s/c1=C1/C(=O)N(c2c(Cl)cc(Cl)cc2Cl)N=C1NC(C)=O. The Hall–Kier alpha value is -2.96. The maximum atomic E-state index is 13.8. The van der Waals surface area contributed by atoms with Crippen LogP contribution in [0.15, 0.2) is 45.1 Å². The lowest BCUT2D eigenvalue weighted by molar-refractivity contribution is -0.117. The van der Waals surface area contributed by atoms with Crippen LogP contribution in [-0.2, 0) is 16.1 Å². The number of benzene rings is 2. The second kappa shape index (κ2) is 10.5. The molecule has 0 saturated heterocycles. The first-order valence-electron chi connectivity index (χ1n) is 11.5. The number of halogens is 3. The van der Waals surface area contributed by atoms with E-state index in [-0.39, 0.29) is 44.3 Å². The number of methoxy groups -OCH3 is 1. The van der Waals surface area contributed by atoms with E-state index >= 15 is 0 Å². The third-order valence-electron chi connectivity index (χ3n) is 5.98. The van der Waals surface area contributed by atoms with Gasteiger partial charge >= 0.3 is 0 Å². The van der Waals surface area contributed by atoms with Crippen molar-refractivity contribution in [2.24, 2.45) is 5.10 Å². The topological polar surface area (TPSA) is 96.2 Å². The van der Waals surface area contributed by atoms with Gasteiger partial charge in [0.2, 0.25) is 5.91 Å². The Bertz CT molecular complexity index is 1760. The van der Waals surface area contributed by atoms with Crippen molar-refractivity contribution >= 4 is 97.5 Å². The van der Waals surface area contributed by atoms with E-state index in [1.54, 1.807) is 14.0 Å². The van der Waals surface area contributed by atoms with Crippen LogP contribution in [0.5, 0.6) is 5.75 Å². The first-order valence-corrected chi connectivity index (χ1v) is 14.3. The molecule has 0 radical (unpaired) electrons. The molecule has 2 aliphatic rings. The van der Waals surface area contributed by atoms with Crippen LogP contribution in [0.4, 0.5) is 11.4 Å². The van der Waals surface area contributed by atoms with Gasteiger partial charge in [-0.15, -0.1) is 16.4 Å². The number of hydrogen-bond donors (Lipinski definition) is 1. The van der Waals surface area contributed by atoms with E-state index in [9.17, 15) is 14.4 Å². The van der Waals surface area contributed by atoms with Gasteiger partial charge in [0.15, 0.2) is 5.84 Å². The predicted octanol–water partition coefficient (Wildman–Crippen LogP) is 3.85. The lowest BCUT2D eigenvalue weighted by atomic mass is 10.2. The van der Waals surface area contributed by atoms with Gasteiger partial charge in [0.25, 0.3) is 11.5 Å². The number of fused-ring (bicyclic) bond motifs is 1. The lowest BCUT2D eigenvalue weighted by Gasteiger charge is -2.15. The molecule has 1 N–H and O–H groups in total. The molecular weight excluding hydrogens is 605 g/mol. The molecule has 1 aromatic heterocycles. The van der Waals surface area contributed by atoms with Crippen LogP contribution in [0.2, 0.25) is 15.1 Å². The van der Waals surface area contributed by atoms with Crippen molar-refractivity contribution in [2.75, 3.05) is 24.1 Å². The van der Waals surface area contributed by atoms with Crippen molar-refractivity contribution in [3.8, 4) is 5.75 Å². The van der Waals surface area contributed by atoms with Crippen molar-refractivity contribution in [3.05, 3.63) is 64.9 Å². The van der Waals surface area contributed by atoms with E-state index in [2.05, 4.69) is 10.4 Å². The van der Waals surface area contributed by atoms with Crippen molar-refractivity contribution < 1.29 is 14.3 Å². The molecule has 3 aromatic rings. The van der Waals surface area contributed by atoms with Crippen molar-refractivity contribution in [1.82, 2.24) is 9.88 Å². The maximum absolute atomic E-state index is 13.8. The number of rotatable bonds is 3. The molecule has 0 fully saturated rings. The first kappa shape index (κ1) is 27.6. The van der Waals surface area contributed by atoms with Crippen molar-refractivity contribution in [2.45, 2.75) is 25.3 Å². The van der Waals surface area contributed by atoms with E-state index < -0.39 is 11.8 Å². The van der Waals surface area contributed by atoms with Crippen LogP contribution in [0, 0.1) is 0 Å². The van der Waals surface area contributed by atoms with Gasteiger partial charge in [0.05, 0.1) is 22.8 Å². The second-order valence-corrected chi connectivity index (χ2v) is 11.7. The zero-order valence-electron chi connectivity index (χ0n) is 21.0. The summed E-state index contributed by atoms with van der Waals surface area (Å²) in [7, 11) is 3.46. The Morgan fingerprint density at radius 1 is 1.13 bits per heavy atom. The molecule has 9 nitrogen and oxygen atoms in total. The normalized spacial score (nSPS) is 17.5. The third-order valence-corrected chi connectivity index (χ3v) is 9.33. The molecule has 2 aromatic carbocycles. The van der Waals surface area contributed by atoms with Gasteiger partial charge in [-0.05, 0) is 31.2 Å². The van der Waals surface area contributed by atoms with Gasteiger partial charge in [0.1, 0.15) is 31.2 Å². The highest BCUT2D eigenvalue weighted by atomic mass is 35.5. The summed E-state index contributed by atoms with van der Waals surface area (Å²) in [6.45, 7) is 3.38. The van der Waals surface area contributed by atoms with E-state index in [0.29, 0.717) is 20.0 Å². The van der Waals surface area contributed by atoms with E-state index in [0.717, 1.165) is 26.9 Å². The van der Waals surface area contributed by atoms with Crippen LogP contribution in [-0.4, -0.2) is 36.4 Å². The smallest absolute Gasteiger partial charge is 0.285 e. The number of ether oxygens (including phenoxy) is 1. The predicted molar refractivity (Wildman–Crippen MR) is 158 cm³/mol. The Morgan fingerprint density at radius 2 is 1.82 bits per heavy atom. The Balaban J connectivity index is 1.75. The number of hydrogen-bond acceptors (Lipinski definition) is 8. The minimum absolute atomic E-state index is 0.0185. The van der Waals surface area contributed by atoms with Crippen molar-refractivity contribution in [1.29, 1.82) is 0 Å². The number of hydrazone groups is 1. The molecule has 0 atom stereocenters. The molecule has 0 bridgehead atoms. The maximum Gasteiger partial charge on any atom is 0.285 e. The molecule has 2 aliphatic heterocycles. The van der Waals surface area contributed by atoms with E-state index in [1.807, 2.05) is 30.1 Å². The van der Waals surface area contributed by atoms with Gasteiger partial charge in [-0.1, -0.05) is 46.6 Å². The van der Waals surface area contributed by atoms with E-state index in [4.69, 9.17) is 39.5 Å². The molecule has 3 heterocycles. The van der Waals surface area contributed by atoms with Crippen LogP contribution < -0.4 is 34.7 Å². The highest BCUT2D eigenvalue weighted by Crippen LogP contribution is 2.46. The number of amidine groups is 1. The fraction of sp³-hybridized carbons (Fsp3) is 0.200. The molecule has 0 aliphatic carbocycles. The number of thioether (sulfide) groups is 1. The molecule has 202 valence electrons. The largest absolute Gasteiger partial charge is 0.497 e. The highest BCUT2D eigenvalue weighted by molar-refractivity contribution is 8.08. The summed E-state index contributed by atoms with van der Waals surface area (Å²) < 4.78 is 7.63. The third kappa shape index (κ3) is 4.72. The molecular formula is C25H20Cl3N5O4S2. The number of anilines is 2. The number of carbonyl (C=O) groups excluding carboxylic acids is 2. The van der Waals surface area contributed by atoms with E-state index in [1.165, 1.54) is 35.4 Å². The summed E-state index contributed by atoms with van der Waals surface area (Å²) in [5.41, 5.74) is 0.788. The van der Waals surface area contributed by atoms with Crippen LogP contribution in [0.25, 0.3) is 10.6 Å². The number of nitrogens with one attached hydrogen (secondary N) is 1. The molecule has 0 saturated carbocycles. The van der Waals surface area contributed by atoms with Gasteiger partial charge in [-0.2, -0.15) is 5.01 Å². The van der Waals surface area contributed by atoms with Crippen LogP contribution in [0.3, 0.4) is 0 Å². The number of amides is 2. The minimum atomic E-state index is -0.606. The van der Waals surface area contributed by atoms with Crippen LogP contribution >= 0.6 is 57.9 Å². The fourth-order valence-corrected chi connectivity index (χ4v) is 7.72. The fourth-order valence-electron chi connectivity index (χ4n) is 4.21. The molecule has 2 amide bonds. The Kier molecular flexibility index (Phi) is 7.47. The molecule has 39 heavy (non-hydrogen) atoms. The minimum Gasteiger partial charge on any atom is -0.497 e. The Labute approximate surface area is 245 Å². The summed E-state index contributed by atoms with van der Waals surface area (Å²) in [5, 5.41) is 9.16. The van der Waals surface area contributed by atoms with Gasteiger partial charge in [-0.25, -0.2) is 0 Å². The molecule has 5 rings (SSSR count). The Morgan fingerprint density at radius 3 is 2.44 bits per heavy atom. The standard InChI is InChI=1S/C25H20Cl3N5O4S2/c1-5-32-23(36)20(25-31(3)16-10-13(37-4)6-7-17(16)38-25)39-24(32)18-21(29-11(2)34)30-33(22(18)35)19-14(27)8-12(26)9-15(19)28/h6-10H,5H2,1-4H3,(H,29,30,34)/b24-18+,25-20-. The zero-order chi connectivity index (χ0) is 28.2. The number of carbonyl (C=O) groups is 2. The number of aromatic nitrogens is 1. The average Bonchev–Trinajstić information content (AvgIpc) is 3.48. The lowest BCUT2D eigenvalue weighted by Crippen LogP contribution is -2.37. The summed E-state index contributed by atoms with van der Waals surface area (Å²) in [6.07, 6.45) is 0.